The molecule has 2 heterocycles. The van der Waals surface area contributed by atoms with Crippen molar-refractivity contribution in [3.05, 3.63) is 81.8 Å². The van der Waals surface area contributed by atoms with Gasteiger partial charge in [0.05, 0.1) is 27.5 Å². The minimum atomic E-state index is -0.799. The van der Waals surface area contributed by atoms with Gasteiger partial charge in [-0.25, -0.2) is 4.39 Å². The molecule has 7 nitrogen and oxygen atoms in total. The zero-order valence-electron chi connectivity index (χ0n) is 19.8. The normalized spacial score (nSPS) is 16.9. The highest BCUT2D eigenvalue weighted by Crippen LogP contribution is 2.34. The standard InChI is InChI=1S/C26H24Cl2FN3O4/c1-15(2)35-22-8-7-17(25(33)31-24-19(27)12-30-13-20(24)28)10-23(22)34-14-26(3)11-21(32-36-26)16-5-4-6-18(29)9-16/h4-10,12-13,15H,11,14H2,1-3H3,(H,30,31,33). The summed E-state index contributed by atoms with van der Waals surface area (Å²) in [6, 6.07) is 11.0. The lowest BCUT2D eigenvalue weighted by Crippen LogP contribution is -2.33. The van der Waals surface area contributed by atoms with Crippen molar-refractivity contribution in [1.29, 1.82) is 0 Å². The van der Waals surface area contributed by atoms with Crippen LogP contribution < -0.4 is 14.8 Å². The van der Waals surface area contributed by atoms with Crippen LogP contribution in [0.1, 0.15) is 43.1 Å². The average molecular weight is 532 g/mol. The molecule has 4 rings (SSSR count). The summed E-state index contributed by atoms with van der Waals surface area (Å²) in [5.74, 6) is 0.0349. The van der Waals surface area contributed by atoms with E-state index in [2.05, 4.69) is 15.5 Å². The first-order chi connectivity index (χ1) is 17.1. The summed E-state index contributed by atoms with van der Waals surface area (Å²) in [6.07, 6.45) is 3.07. The van der Waals surface area contributed by atoms with Crippen LogP contribution in [0.5, 0.6) is 11.5 Å². The first-order valence-corrected chi connectivity index (χ1v) is 11.9. The Balaban J connectivity index is 1.51. The molecule has 0 radical (unpaired) electrons. The van der Waals surface area contributed by atoms with Gasteiger partial charge in [0.25, 0.3) is 5.91 Å². The van der Waals surface area contributed by atoms with Crippen LogP contribution in [0.15, 0.2) is 60.0 Å². The lowest BCUT2D eigenvalue weighted by molar-refractivity contribution is -0.0363. The molecule has 1 aliphatic heterocycles. The number of carbonyl (C=O) groups excluding carboxylic acids is 1. The largest absolute Gasteiger partial charge is 0.487 e. The van der Waals surface area contributed by atoms with Crippen molar-refractivity contribution in [3.8, 4) is 11.5 Å². The van der Waals surface area contributed by atoms with E-state index >= 15 is 0 Å². The summed E-state index contributed by atoms with van der Waals surface area (Å²) in [6.45, 7) is 5.73. The minimum absolute atomic E-state index is 0.108. The highest BCUT2D eigenvalue weighted by atomic mass is 35.5. The molecule has 1 unspecified atom stereocenters. The smallest absolute Gasteiger partial charge is 0.255 e. The molecule has 0 bridgehead atoms. The Bertz CT molecular complexity index is 1300. The van der Waals surface area contributed by atoms with Crippen LogP contribution in [0.25, 0.3) is 0 Å². The quantitative estimate of drug-likeness (QED) is 0.357. The molecule has 0 spiro atoms. The average Bonchev–Trinajstić information content (AvgIpc) is 3.23. The molecule has 36 heavy (non-hydrogen) atoms. The summed E-state index contributed by atoms with van der Waals surface area (Å²) in [5, 5.41) is 7.27. The molecule has 3 aromatic rings. The van der Waals surface area contributed by atoms with Gasteiger partial charge < -0.3 is 19.6 Å². The Morgan fingerprint density at radius 2 is 1.92 bits per heavy atom. The van der Waals surface area contributed by atoms with E-state index in [-0.39, 0.29) is 34.3 Å². The SMILES string of the molecule is CC(C)Oc1ccc(C(=O)Nc2c(Cl)cncc2Cl)cc1OCC1(C)CC(c2cccc(F)c2)=NO1. The fourth-order valence-electron chi connectivity index (χ4n) is 3.54. The number of hydrogen-bond donors (Lipinski definition) is 1. The van der Waals surface area contributed by atoms with E-state index in [1.807, 2.05) is 20.8 Å². The number of hydrogen-bond acceptors (Lipinski definition) is 6. The molecular weight excluding hydrogens is 508 g/mol. The van der Waals surface area contributed by atoms with E-state index in [1.54, 1.807) is 30.3 Å². The van der Waals surface area contributed by atoms with Crippen LogP contribution in [0.4, 0.5) is 10.1 Å². The number of aromatic nitrogens is 1. The van der Waals surface area contributed by atoms with Gasteiger partial charge in [-0.15, -0.1) is 0 Å². The van der Waals surface area contributed by atoms with Crippen molar-refractivity contribution >= 4 is 40.5 Å². The minimum Gasteiger partial charge on any atom is -0.487 e. The fraction of sp³-hybridized carbons (Fsp3) is 0.269. The third-order valence-electron chi connectivity index (χ3n) is 5.27. The van der Waals surface area contributed by atoms with Crippen LogP contribution in [-0.2, 0) is 4.84 Å². The number of anilines is 1. The predicted octanol–water partition coefficient (Wildman–Crippen LogP) is 6.53. The number of nitrogens with one attached hydrogen (secondary N) is 1. The number of rotatable bonds is 8. The zero-order chi connectivity index (χ0) is 25.9. The third kappa shape index (κ3) is 6.06. The van der Waals surface area contributed by atoms with Crippen molar-refractivity contribution in [2.45, 2.75) is 38.9 Å². The molecule has 10 heteroatoms. The van der Waals surface area contributed by atoms with Crippen molar-refractivity contribution < 1.29 is 23.5 Å². The first-order valence-electron chi connectivity index (χ1n) is 11.2. The van der Waals surface area contributed by atoms with E-state index in [1.165, 1.54) is 24.5 Å². The number of pyridine rings is 1. The molecule has 2 aromatic carbocycles. The van der Waals surface area contributed by atoms with E-state index in [0.29, 0.717) is 34.8 Å². The van der Waals surface area contributed by atoms with Gasteiger partial charge in [-0.3, -0.25) is 9.78 Å². The number of benzene rings is 2. The van der Waals surface area contributed by atoms with Gasteiger partial charge in [0.2, 0.25) is 0 Å². The van der Waals surface area contributed by atoms with Crippen LogP contribution in [-0.4, -0.2) is 34.9 Å². The molecule has 1 amide bonds. The van der Waals surface area contributed by atoms with Crippen molar-refractivity contribution in [3.63, 3.8) is 0 Å². The highest BCUT2D eigenvalue weighted by Gasteiger charge is 2.36. The molecule has 1 aliphatic rings. The van der Waals surface area contributed by atoms with Crippen LogP contribution in [0.3, 0.4) is 0 Å². The number of nitrogens with zero attached hydrogens (tertiary/aromatic N) is 2. The second-order valence-corrected chi connectivity index (χ2v) is 9.63. The zero-order valence-corrected chi connectivity index (χ0v) is 21.4. The van der Waals surface area contributed by atoms with Gasteiger partial charge in [-0.1, -0.05) is 40.5 Å². The molecule has 0 saturated carbocycles. The molecule has 0 fully saturated rings. The van der Waals surface area contributed by atoms with Crippen LogP contribution >= 0.6 is 23.2 Å². The molecule has 0 aliphatic carbocycles. The summed E-state index contributed by atoms with van der Waals surface area (Å²) in [4.78, 5) is 22.5. The number of amides is 1. The predicted molar refractivity (Wildman–Crippen MR) is 137 cm³/mol. The van der Waals surface area contributed by atoms with E-state index in [9.17, 15) is 9.18 Å². The summed E-state index contributed by atoms with van der Waals surface area (Å²) in [5.41, 5.74) is 1.04. The molecule has 1 aromatic heterocycles. The monoisotopic (exact) mass is 531 g/mol. The van der Waals surface area contributed by atoms with Gasteiger partial charge in [-0.05, 0) is 51.1 Å². The van der Waals surface area contributed by atoms with Gasteiger partial charge >= 0.3 is 0 Å². The maximum Gasteiger partial charge on any atom is 0.255 e. The molecule has 1 atom stereocenters. The molecular formula is C26H24Cl2FN3O4. The lowest BCUT2D eigenvalue weighted by atomic mass is 9.96. The van der Waals surface area contributed by atoms with Gasteiger partial charge in [0.1, 0.15) is 12.4 Å². The Morgan fingerprint density at radius 1 is 1.17 bits per heavy atom. The van der Waals surface area contributed by atoms with Crippen LogP contribution in [0, 0.1) is 5.82 Å². The maximum atomic E-state index is 13.6. The number of carbonyl (C=O) groups is 1. The fourth-order valence-corrected chi connectivity index (χ4v) is 4.00. The van der Waals surface area contributed by atoms with Gasteiger partial charge in [0, 0.05) is 29.9 Å². The first kappa shape index (κ1) is 25.7. The van der Waals surface area contributed by atoms with Crippen LogP contribution in [0.2, 0.25) is 10.0 Å². The van der Waals surface area contributed by atoms with E-state index in [4.69, 9.17) is 37.5 Å². The van der Waals surface area contributed by atoms with Crippen molar-refractivity contribution in [2.75, 3.05) is 11.9 Å². The molecule has 1 N–H and O–H groups in total. The Hall–Kier alpha value is -3.36. The van der Waals surface area contributed by atoms with E-state index in [0.717, 1.165) is 0 Å². The number of halogens is 3. The van der Waals surface area contributed by atoms with Crippen molar-refractivity contribution in [2.24, 2.45) is 5.16 Å². The second-order valence-electron chi connectivity index (χ2n) is 8.82. The lowest BCUT2D eigenvalue weighted by Gasteiger charge is -2.23. The van der Waals surface area contributed by atoms with E-state index < -0.39 is 11.5 Å². The second kappa shape index (κ2) is 10.7. The topological polar surface area (TPSA) is 82.0 Å². The summed E-state index contributed by atoms with van der Waals surface area (Å²) < 4.78 is 25.6. The summed E-state index contributed by atoms with van der Waals surface area (Å²) in [7, 11) is 0. The molecule has 188 valence electrons. The Labute approximate surface area is 218 Å². The van der Waals surface area contributed by atoms with Crippen molar-refractivity contribution in [1.82, 2.24) is 4.98 Å². The van der Waals surface area contributed by atoms with Gasteiger partial charge in [-0.2, -0.15) is 0 Å². The third-order valence-corrected chi connectivity index (χ3v) is 5.84. The number of oxime groups is 1. The number of ether oxygens (including phenoxy) is 2. The highest BCUT2D eigenvalue weighted by molar-refractivity contribution is 6.39. The Morgan fingerprint density at radius 3 is 2.61 bits per heavy atom. The maximum absolute atomic E-state index is 13.6. The Kier molecular flexibility index (Phi) is 7.66. The van der Waals surface area contributed by atoms with Gasteiger partial charge in [0.15, 0.2) is 17.1 Å². The summed E-state index contributed by atoms with van der Waals surface area (Å²) >= 11 is 12.3. The molecule has 0 saturated heterocycles.